The van der Waals surface area contributed by atoms with Gasteiger partial charge in [-0.1, -0.05) is 36.4 Å². The van der Waals surface area contributed by atoms with E-state index in [9.17, 15) is 34.7 Å². The molecule has 1 aliphatic rings. The first-order valence-electron chi connectivity index (χ1n) is 13.7. The molecular weight excluding hydrogens is 552 g/mol. The van der Waals surface area contributed by atoms with Gasteiger partial charge in [-0.25, -0.2) is 9.69 Å². The number of carbonyl (C=O) groups excluding carboxylic acids is 3. The smallest absolute Gasteiger partial charge is 0.338 e. The lowest BCUT2D eigenvalue weighted by Gasteiger charge is -2.34. The quantitative estimate of drug-likeness (QED) is 0.111. The largest absolute Gasteiger partial charge is 0.395 e. The van der Waals surface area contributed by atoms with Crippen LogP contribution in [0.1, 0.15) is 30.5 Å². The number of β-amino-alcohol motifs (C(OH)–C–C–N with tert-alkyl or cyclic N) is 1. The lowest BCUT2D eigenvalue weighted by atomic mass is 10.0. The predicted molar refractivity (Wildman–Crippen MR) is 164 cm³/mol. The standard InChI is InChI=1S/C32H32N4O7/c1-3-33(18-19-37)26-12-10-25(11-13-26)20-29-30(39)34(21-22(2)38)32(41)35(31(29)40)27-14-6-23(7-15-27)4-5-24-8-16-28(17-9-24)36(42)43/h4-17,20,22,37-38H,3,18-19,21H2,1-2H3/b5-4+,29-20+. The zero-order valence-electron chi connectivity index (χ0n) is 23.8. The Labute approximate surface area is 248 Å². The van der Waals surface area contributed by atoms with Gasteiger partial charge in [0.25, 0.3) is 17.5 Å². The van der Waals surface area contributed by atoms with Crippen molar-refractivity contribution in [1.82, 2.24) is 4.90 Å². The van der Waals surface area contributed by atoms with E-state index >= 15 is 0 Å². The highest BCUT2D eigenvalue weighted by atomic mass is 16.6. The molecule has 2 N–H and O–H groups in total. The maximum Gasteiger partial charge on any atom is 0.338 e. The maximum absolute atomic E-state index is 13.6. The van der Waals surface area contributed by atoms with Crippen LogP contribution < -0.4 is 9.80 Å². The third-order valence-corrected chi connectivity index (χ3v) is 6.82. The highest BCUT2D eigenvalue weighted by molar-refractivity contribution is 6.39. The SMILES string of the molecule is CCN(CCO)c1ccc(/C=C2\C(=O)N(CC(C)O)C(=O)N(c3ccc(/C=C/c4ccc([N+](=O)[O-])cc4)cc3)C2=O)cc1. The molecule has 222 valence electrons. The Balaban J connectivity index is 1.61. The van der Waals surface area contributed by atoms with Crippen LogP contribution in [-0.4, -0.2) is 70.2 Å². The molecule has 4 rings (SSSR count). The van der Waals surface area contributed by atoms with E-state index < -0.39 is 28.9 Å². The van der Waals surface area contributed by atoms with Crippen molar-refractivity contribution in [3.05, 3.63) is 105 Å². The molecule has 0 radical (unpaired) electrons. The summed E-state index contributed by atoms with van der Waals surface area (Å²) in [4.78, 5) is 54.4. The van der Waals surface area contributed by atoms with Crippen LogP contribution in [0.15, 0.2) is 78.4 Å². The van der Waals surface area contributed by atoms with Crippen molar-refractivity contribution in [3.63, 3.8) is 0 Å². The fraction of sp³-hybridized carbons (Fsp3) is 0.219. The zero-order chi connectivity index (χ0) is 31.1. The number of likely N-dealkylation sites (N-methyl/N-ethyl adjacent to an activating group) is 1. The number of hydrogen-bond acceptors (Lipinski definition) is 8. The van der Waals surface area contributed by atoms with Gasteiger partial charge in [0.05, 0.1) is 29.9 Å². The Bertz CT molecular complexity index is 1550. The first-order chi connectivity index (χ1) is 20.6. The van der Waals surface area contributed by atoms with Gasteiger partial charge in [-0.05, 0) is 73.0 Å². The summed E-state index contributed by atoms with van der Waals surface area (Å²) >= 11 is 0. The van der Waals surface area contributed by atoms with Crippen molar-refractivity contribution in [2.75, 3.05) is 36.0 Å². The molecule has 0 saturated carbocycles. The summed E-state index contributed by atoms with van der Waals surface area (Å²) < 4.78 is 0. The number of nitrogens with zero attached hydrogens (tertiary/aromatic N) is 4. The molecule has 4 amide bonds. The Hall–Kier alpha value is -5.13. The van der Waals surface area contributed by atoms with Crippen LogP contribution in [0.5, 0.6) is 0 Å². The van der Waals surface area contributed by atoms with Gasteiger partial charge >= 0.3 is 6.03 Å². The maximum atomic E-state index is 13.6. The number of aliphatic hydroxyl groups is 2. The summed E-state index contributed by atoms with van der Waals surface area (Å²) in [6.07, 6.45) is 3.96. The zero-order valence-corrected chi connectivity index (χ0v) is 23.8. The molecule has 1 heterocycles. The van der Waals surface area contributed by atoms with E-state index in [-0.39, 0.29) is 30.1 Å². The third kappa shape index (κ3) is 7.21. The highest BCUT2D eigenvalue weighted by Crippen LogP contribution is 2.27. The minimum atomic E-state index is -1.01. The second-order valence-electron chi connectivity index (χ2n) is 9.91. The van der Waals surface area contributed by atoms with Gasteiger partial charge in [0.15, 0.2) is 0 Å². The number of aliphatic hydroxyl groups excluding tert-OH is 2. The Kier molecular flexibility index (Phi) is 9.81. The summed E-state index contributed by atoms with van der Waals surface area (Å²) in [5, 5.41) is 30.1. The molecule has 0 aliphatic carbocycles. The van der Waals surface area contributed by atoms with Gasteiger partial charge in [-0.15, -0.1) is 0 Å². The molecule has 11 nitrogen and oxygen atoms in total. The van der Waals surface area contributed by atoms with Gasteiger partial charge < -0.3 is 15.1 Å². The van der Waals surface area contributed by atoms with Crippen LogP contribution in [0.25, 0.3) is 18.2 Å². The number of imide groups is 2. The van der Waals surface area contributed by atoms with E-state index in [1.807, 2.05) is 24.0 Å². The summed E-state index contributed by atoms with van der Waals surface area (Å²) in [6, 6.07) is 18.9. The second kappa shape index (κ2) is 13.7. The Morgan fingerprint density at radius 2 is 1.44 bits per heavy atom. The molecule has 1 saturated heterocycles. The number of rotatable bonds is 11. The van der Waals surface area contributed by atoms with Crippen LogP contribution in [0.2, 0.25) is 0 Å². The van der Waals surface area contributed by atoms with Crippen molar-refractivity contribution in [2.24, 2.45) is 0 Å². The van der Waals surface area contributed by atoms with Crippen LogP contribution in [0, 0.1) is 10.1 Å². The molecule has 0 spiro atoms. The van der Waals surface area contributed by atoms with Gasteiger partial charge in [-0.3, -0.25) is 24.6 Å². The van der Waals surface area contributed by atoms with Gasteiger partial charge in [0.1, 0.15) is 5.57 Å². The first kappa shape index (κ1) is 30.8. The van der Waals surface area contributed by atoms with E-state index in [1.165, 1.54) is 25.1 Å². The summed E-state index contributed by atoms with van der Waals surface area (Å²) in [7, 11) is 0. The molecular formula is C32H32N4O7. The number of nitro benzene ring substituents is 1. The summed E-state index contributed by atoms with van der Waals surface area (Å²) in [6.45, 7) is 4.28. The molecule has 11 heteroatoms. The summed E-state index contributed by atoms with van der Waals surface area (Å²) in [5.74, 6) is -1.58. The second-order valence-corrected chi connectivity index (χ2v) is 9.91. The summed E-state index contributed by atoms with van der Waals surface area (Å²) in [5.41, 5.74) is 2.95. The number of carbonyl (C=O) groups is 3. The monoisotopic (exact) mass is 584 g/mol. The minimum absolute atomic E-state index is 0.00266. The predicted octanol–water partition coefficient (Wildman–Crippen LogP) is 4.34. The topological polar surface area (TPSA) is 145 Å². The number of hydrogen-bond donors (Lipinski definition) is 2. The van der Waals surface area contributed by atoms with Crippen LogP contribution >= 0.6 is 0 Å². The van der Waals surface area contributed by atoms with Crippen LogP contribution in [-0.2, 0) is 9.59 Å². The van der Waals surface area contributed by atoms with E-state index in [0.29, 0.717) is 18.7 Å². The number of benzene rings is 3. The van der Waals surface area contributed by atoms with Gasteiger partial charge in [0.2, 0.25) is 0 Å². The van der Waals surface area contributed by atoms with Crippen molar-refractivity contribution in [2.45, 2.75) is 20.0 Å². The molecule has 3 aromatic carbocycles. The van der Waals surface area contributed by atoms with E-state index in [2.05, 4.69) is 0 Å². The molecule has 3 aromatic rings. The molecule has 1 aliphatic heterocycles. The average Bonchev–Trinajstić information content (AvgIpc) is 3.00. The van der Waals surface area contributed by atoms with E-state index in [1.54, 1.807) is 60.7 Å². The number of barbiturate groups is 1. The van der Waals surface area contributed by atoms with Crippen molar-refractivity contribution < 1.29 is 29.5 Å². The average molecular weight is 585 g/mol. The minimum Gasteiger partial charge on any atom is -0.395 e. The lowest BCUT2D eigenvalue weighted by molar-refractivity contribution is -0.384. The molecule has 1 unspecified atom stereocenters. The number of amides is 4. The van der Waals surface area contributed by atoms with E-state index in [4.69, 9.17) is 0 Å². The Morgan fingerprint density at radius 1 is 0.884 bits per heavy atom. The number of urea groups is 1. The number of nitro groups is 1. The normalized spacial score (nSPS) is 15.4. The highest BCUT2D eigenvalue weighted by Gasteiger charge is 2.43. The molecule has 1 atom stereocenters. The molecule has 1 fully saturated rings. The van der Waals surface area contributed by atoms with Crippen molar-refractivity contribution in [3.8, 4) is 0 Å². The van der Waals surface area contributed by atoms with Crippen molar-refractivity contribution in [1.29, 1.82) is 0 Å². The van der Waals surface area contributed by atoms with E-state index in [0.717, 1.165) is 26.6 Å². The number of non-ortho nitro benzene ring substituents is 1. The molecule has 0 bridgehead atoms. The first-order valence-corrected chi connectivity index (χ1v) is 13.7. The third-order valence-electron chi connectivity index (χ3n) is 6.82. The fourth-order valence-corrected chi connectivity index (χ4v) is 4.60. The van der Waals surface area contributed by atoms with Gasteiger partial charge in [0, 0.05) is 30.9 Å². The van der Waals surface area contributed by atoms with Crippen molar-refractivity contribution >= 4 is 53.1 Å². The Morgan fingerprint density at radius 3 is 1.95 bits per heavy atom. The number of anilines is 2. The van der Waals surface area contributed by atoms with Crippen LogP contribution in [0.4, 0.5) is 21.9 Å². The lowest BCUT2D eigenvalue weighted by Crippen LogP contribution is -2.58. The van der Waals surface area contributed by atoms with Gasteiger partial charge in [-0.2, -0.15) is 0 Å². The fourth-order valence-electron chi connectivity index (χ4n) is 4.60. The van der Waals surface area contributed by atoms with Crippen LogP contribution in [0.3, 0.4) is 0 Å². The molecule has 0 aromatic heterocycles. The molecule has 43 heavy (non-hydrogen) atoms.